The molecule has 4 nitrogen and oxygen atoms in total. The average Bonchev–Trinajstić information content (AvgIpc) is 2.16. The maximum Gasteiger partial charge on any atom is 0.392 e. The summed E-state index contributed by atoms with van der Waals surface area (Å²) in [4.78, 5) is 7.26. The van der Waals surface area contributed by atoms with Gasteiger partial charge in [0.05, 0.1) is 18.7 Å². The minimum absolute atomic E-state index is 0.161. The lowest BCUT2D eigenvalue weighted by atomic mass is 10.4. The zero-order valence-electron chi connectivity index (χ0n) is 7.66. The third kappa shape index (κ3) is 4.59. The topological polar surface area (TPSA) is 55.2 Å². The number of nitrogens with zero attached hydrogens (tertiary/aromatic N) is 2. The van der Waals surface area contributed by atoms with E-state index < -0.39 is 19.2 Å². The van der Waals surface area contributed by atoms with Crippen LogP contribution in [0.1, 0.15) is 12.1 Å². The summed E-state index contributed by atoms with van der Waals surface area (Å²) < 4.78 is 39.9. The van der Waals surface area contributed by atoms with E-state index in [2.05, 4.69) is 14.7 Å². The molecule has 0 aliphatic carbocycles. The van der Waals surface area contributed by atoms with E-state index in [-0.39, 0.29) is 12.6 Å². The second kappa shape index (κ2) is 4.92. The minimum atomic E-state index is -4.26. The lowest BCUT2D eigenvalue weighted by Gasteiger charge is -2.07. The Morgan fingerprint density at radius 2 is 2.13 bits per heavy atom. The fourth-order valence-corrected chi connectivity index (χ4v) is 0.792. The molecule has 0 saturated heterocycles. The van der Waals surface area contributed by atoms with Gasteiger partial charge in [0.25, 0.3) is 0 Å². The zero-order chi connectivity index (χ0) is 11.3. The van der Waals surface area contributed by atoms with Crippen molar-refractivity contribution < 1.29 is 23.0 Å². The standard InChI is InChI=1S/C8H9F3N2O2/c9-8(10,11)2-4-15-7-12-3-1-6(5-14)13-7/h1,3,14H,2,4-5H2. The van der Waals surface area contributed by atoms with Crippen LogP contribution in [0.15, 0.2) is 12.3 Å². The van der Waals surface area contributed by atoms with Crippen LogP contribution in [0.3, 0.4) is 0 Å². The average molecular weight is 222 g/mol. The number of ether oxygens (including phenoxy) is 1. The van der Waals surface area contributed by atoms with Crippen molar-refractivity contribution in [3.05, 3.63) is 18.0 Å². The van der Waals surface area contributed by atoms with Crippen LogP contribution in [-0.4, -0.2) is 27.9 Å². The molecule has 0 aliphatic rings. The summed E-state index contributed by atoms with van der Waals surface area (Å²) in [5.41, 5.74) is 0.298. The van der Waals surface area contributed by atoms with Crippen LogP contribution in [0.5, 0.6) is 6.01 Å². The summed E-state index contributed by atoms with van der Waals surface area (Å²) in [5.74, 6) is 0. The van der Waals surface area contributed by atoms with Crippen LogP contribution in [0.25, 0.3) is 0 Å². The first-order valence-electron chi connectivity index (χ1n) is 4.13. The molecule has 0 fully saturated rings. The number of aliphatic hydroxyl groups excluding tert-OH is 1. The highest BCUT2D eigenvalue weighted by Gasteiger charge is 2.26. The molecule has 1 N–H and O–H groups in total. The van der Waals surface area contributed by atoms with E-state index in [9.17, 15) is 13.2 Å². The first kappa shape index (κ1) is 11.7. The molecular weight excluding hydrogens is 213 g/mol. The van der Waals surface area contributed by atoms with Crippen molar-refractivity contribution in [1.29, 1.82) is 0 Å². The molecule has 15 heavy (non-hydrogen) atoms. The van der Waals surface area contributed by atoms with E-state index in [1.807, 2.05) is 0 Å². The first-order chi connectivity index (χ1) is 7.01. The van der Waals surface area contributed by atoms with Crippen LogP contribution >= 0.6 is 0 Å². The summed E-state index contributed by atoms with van der Waals surface area (Å²) >= 11 is 0. The van der Waals surface area contributed by atoms with Gasteiger partial charge in [-0.25, -0.2) is 4.98 Å². The molecule has 1 aromatic rings. The van der Waals surface area contributed by atoms with Crippen LogP contribution < -0.4 is 4.74 Å². The Bertz CT molecular complexity index is 317. The normalized spacial score (nSPS) is 11.5. The van der Waals surface area contributed by atoms with E-state index in [1.54, 1.807) is 0 Å². The minimum Gasteiger partial charge on any atom is -0.463 e. The number of hydrogen-bond acceptors (Lipinski definition) is 4. The maximum atomic E-state index is 11.7. The van der Waals surface area contributed by atoms with E-state index in [1.165, 1.54) is 12.3 Å². The van der Waals surface area contributed by atoms with Gasteiger partial charge in [-0.1, -0.05) is 0 Å². The maximum absolute atomic E-state index is 11.7. The highest BCUT2D eigenvalue weighted by molar-refractivity contribution is 5.04. The van der Waals surface area contributed by atoms with Gasteiger partial charge in [-0.2, -0.15) is 18.2 Å². The van der Waals surface area contributed by atoms with Crippen LogP contribution in [0.4, 0.5) is 13.2 Å². The summed E-state index contributed by atoms with van der Waals surface area (Å²) in [6.07, 6.45) is -4.00. The van der Waals surface area contributed by atoms with E-state index in [0.29, 0.717) is 5.69 Å². The van der Waals surface area contributed by atoms with Crippen molar-refractivity contribution in [1.82, 2.24) is 9.97 Å². The molecule has 0 spiro atoms. The molecule has 0 unspecified atom stereocenters. The third-order valence-electron chi connectivity index (χ3n) is 1.47. The van der Waals surface area contributed by atoms with Gasteiger partial charge in [-0.05, 0) is 6.07 Å². The predicted octanol–water partition coefficient (Wildman–Crippen LogP) is 1.30. The smallest absolute Gasteiger partial charge is 0.392 e. The molecule has 1 aromatic heterocycles. The number of aromatic nitrogens is 2. The van der Waals surface area contributed by atoms with Gasteiger partial charge in [-0.3, -0.25) is 0 Å². The molecule has 0 aliphatic heterocycles. The molecule has 7 heteroatoms. The predicted molar refractivity (Wildman–Crippen MR) is 44.1 cm³/mol. The Labute approximate surface area is 83.7 Å². The largest absolute Gasteiger partial charge is 0.463 e. The van der Waals surface area contributed by atoms with Crippen molar-refractivity contribution in [2.24, 2.45) is 0 Å². The SMILES string of the molecule is OCc1ccnc(OCCC(F)(F)F)n1. The van der Waals surface area contributed by atoms with E-state index in [4.69, 9.17) is 5.11 Å². The highest BCUT2D eigenvalue weighted by Crippen LogP contribution is 2.19. The van der Waals surface area contributed by atoms with Crippen molar-refractivity contribution in [2.45, 2.75) is 19.2 Å². The number of halogens is 3. The Morgan fingerprint density at radius 3 is 2.73 bits per heavy atom. The second-order valence-corrected chi connectivity index (χ2v) is 2.70. The summed E-state index contributed by atoms with van der Waals surface area (Å²) in [7, 11) is 0. The van der Waals surface area contributed by atoms with Crippen molar-refractivity contribution in [3.63, 3.8) is 0 Å². The first-order valence-corrected chi connectivity index (χ1v) is 4.13. The third-order valence-corrected chi connectivity index (χ3v) is 1.47. The number of aliphatic hydroxyl groups is 1. The second-order valence-electron chi connectivity index (χ2n) is 2.70. The Balaban J connectivity index is 2.44. The molecule has 0 aromatic carbocycles. The molecule has 0 amide bonds. The van der Waals surface area contributed by atoms with Crippen molar-refractivity contribution in [3.8, 4) is 6.01 Å². The molecule has 0 radical (unpaired) electrons. The molecule has 1 rings (SSSR count). The fraction of sp³-hybridized carbons (Fsp3) is 0.500. The molecular formula is C8H9F3N2O2. The fourth-order valence-electron chi connectivity index (χ4n) is 0.792. The molecule has 1 heterocycles. The van der Waals surface area contributed by atoms with Gasteiger partial charge in [0.2, 0.25) is 0 Å². The van der Waals surface area contributed by atoms with Gasteiger partial charge >= 0.3 is 12.2 Å². The van der Waals surface area contributed by atoms with Crippen molar-refractivity contribution >= 4 is 0 Å². The quantitative estimate of drug-likeness (QED) is 0.834. The van der Waals surface area contributed by atoms with Gasteiger partial charge in [0.1, 0.15) is 6.61 Å². The van der Waals surface area contributed by atoms with Crippen LogP contribution in [0, 0.1) is 0 Å². The number of hydrogen-bond donors (Lipinski definition) is 1. The molecule has 84 valence electrons. The Kier molecular flexibility index (Phi) is 3.84. The monoisotopic (exact) mass is 222 g/mol. The zero-order valence-corrected chi connectivity index (χ0v) is 7.66. The highest BCUT2D eigenvalue weighted by atomic mass is 19.4. The van der Waals surface area contributed by atoms with Crippen LogP contribution in [-0.2, 0) is 6.61 Å². The van der Waals surface area contributed by atoms with Gasteiger partial charge in [0.15, 0.2) is 0 Å². The molecule has 0 atom stereocenters. The number of alkyl halides is 3. The van der Waals surface area contributed by atoms with Gasteiger partial charge in [-0.15, -0.1) is 0 Å². The molecule has 0 saturated carbocycles. The lowest BCUT2D eigenvalue weighted by Crippen LogP contribution is -2.14. The van der Waals surface area contributed by atoms with Crippen LogP contribution in [0.2, 0.25) is 0 Å². The van der Waals surface area contributed by atoms with E-state index >= 15 is 0 Å². The summed E-state index contributed by atoms with van der Waals surface area (Å²) in [6.45, 7) is -0.837. The Hall–Kier alpha value is -1.37. The molecule has 0 bridgehead atoms. The van der Waals surface area contributed by atoms with Gasteiger partial charge < -0.3 is 9.84 Å². The summed E-state index contributed by atoms with van der Waals surface area (Å²) in [5, 5.41) is 8.69. The van der Waals surface area contributed by atoms with Crippen molar-refractivity contribution in [2.75, 3.05) is 6.61 Å². The lowest BCUT2D eigenvalue weighted by molar-refractivity contribution is -0.139. The van der Waals surface area contributed by atoms with E-state index in [0.717, 1.165) is 0 Å². The summed E-state index contributed by atoms with van der Waals surface area (Å²) in [6, 6.07) is 1.28. The Morgan fingerprint density at radius 1 is 1.40 bits per heavy atom. The van der Waals surface area contributed by atoms with Gasteiger partial charge in [0, 0.05) is 6.20 Å². The number of rotatable bonds is 4.